The first-order valence-corrected chi connectivity index (χ1v) is 5.17. The molecule has 1 unspecified atom stereocenters. The molecule has 0 aromatic carbocycles. The number of hydrogen-bond acceptors (Lipinski definition) is 2. The molecule has 0 saturated heterocycles. The predicted molar refractivity (Wildman–Crippen MR) is 59.1 cm³/mol. The first kappa shape index (κ1) is 11.2. The summed E-state index contributed by atoms with van der Waals surface area (Å²) in [6.45, 7) is 6.75. The van der Waals surface area contributed by atoms with E-state index in [0.29, 0.717) is 6.04 Å². The predicted octanol–water partition coefficient (Wildman–Crippen LogP) is 2.12. The third-order valence-electron chi connectivity index (χ3n) is 3.10. The van der Waals surface area contributed by atoms with E-state index in [1.54, 1.807) is 0 Å². The van der Waals surface area contributed by atoms with E-state index in [1.165, 1.54) is 0 Å². The van der Waals surface area contributed by atoms with Gasteiger partial charge in [0.1, 0.15) is 5.82 Å². The lowest BCUT2D eigenvalue weighted by molar-refractivity contribution is 0.232. The van der Waals surface area contributed by atoms with Crippen LogP contribution in [0.15, 0.2) is 12.4 Å². The Morgan fingerprint density at radius 1 is 1.57 bits per heavy atom. The van der Waals surface area contributed by atoms with E-state index >= 15 is 0 Å². The van der Waals surface area contributed by atoms with Gasteiger partial charge in [-0.05, 0) is 18.9 Å². The second kappa shape index (κ2) is 4.13. The van der Waals surface area contributed by atoms with Gasteiger partial charge in [-0.2, -0.15) is 0 Å². The van der Waals surface area contributed by atoms with E-state index in [4.69, 9.17) is 0 Å². The largest absolute Gasteiger partial charge is 0.337 e. The maximum absolute atomic E-state index is 4.40. The summed E-state index contributed by atoms with van der Waals surface area (Å²) in [6, 6.07) is 0.312. The topological polar surface area (TPSA) is 29.9 Å². The van der Waals surface area contributed by atoms with Crippen molar-refractivity contribution >= 4 is 0 Å². The van der Waals surface area contributed by atoms with E-state index in [-0.39, 0.29) is 5.41 Å². The van der Waals surface area contributed by atoms with Gasteiger partial charge in [0, 0.05) is 19.4 Å². The van der Waals surface area contributed by atoms with Crippen LogP contribution in [0.4, 0.5) is 0 Å². The Kier molecular flexibility index (Phi) is 3.32. The lowest BCUT2D eigenvalue weighted by Crippen LogP contribution is -2.33. The highest BCUT2D eigenvalue weighted by atomic mass is 15.1. The average Bonchev–Trinajstić information content (AvgIpc) is 2.53. The minimum absolute atomic E-state index is 0.230. The van der Waals surface area contributed by atoms with Gasteiger partial charge in [-0.1, -0.05) is 20.8 Å². The fourth-order valence-corrected chi connectivity index (χ4v) is 1.73. The Hall–Kier alpha value is -0.830. The summed E-state index contributed by atoms with van der Waals surface area (Å²) >= 11 is 0. The number of aryl methyl sites for hydroxylation is 1. The molecule has 0 aliphatic rings. The minimum atomic E-state index is 0.230. The van der Waals surface area contributed by atoms with E-state index in [9.17, 15) is 0 Å². The van der Waals surface area contributed by atoms with Gasteiger partial charge in [0.05, 0.1) is 6.04 Å². The van der Waals surface area contributed by atoms with Crippen LogP contribution < -0.4 is 5.32 Å². The molecule has 0 amide bonds. The highest BCUT2D eigenvalue weighted by molar-refractivity contribution is 5.03. The standard InChI is InChI=1S/C11H21N3/c1-6-11(2,3)9(12-4)10-13-7-8-14(10)5/h7-9,12H,6H2,1-5H3. The lowest BCUT2D eigenvalue weighted by Gasteiger charge is -2.32. The summed E-state index contributed by atoms with van der Waals surface area (Å²) in [7, 11) is 4.04. The number of nitrogens with zero attached hydrogens (tertiary/aromatic N) is 2. The zero-order chi connectivity index (χ0) is 10.8. The van der Waals surface area contributed by atoms with E-state index < -0.39 is 0 Å². The highest BCUT2D eigenvalue weighted by Gasteiger charge is 2.30. The summed E-state index contributed by atoms with van der Waals surface area (Å²) in [4.78, 5) is 4.40. The number of nitrogens with one attached hydrogen (secondary N) is 1. The summed E-state index contributed by atoms with van der Waals surface area (Å²) < 4.78 is 2.08. The average molecular weight is 195 g/mol. The molecule has 0 fully saturated rings. The van der Waals surface area contributed by atoms with Crippen LogP contribution in [0.1, 0.15) is 39.1 Å². The van der Waals surface area contributed by atoms with Crippen molar-refractivity contribution in [3.05, 3.63) is 18.2 Å². The monoisotopic (exact) mass is 195 g/mol. The Morgan fingerprint density at radius 2 is 2.21 bits per heavy atom. The third-order valence-corrected chi connectivity index (χ3v) is 3.10. The molecule has 1 aromatic heterocycles. The quantitative estimate of drug-likeness (QED) is 0.797. The van der Waals surface area contributed by atoms with E-state index in [1.807, 2.05) is 26.5 Å². The fraction of sp³-hybridized carbons (Fsp3) is 0.727. The molecule has 0 spiro atoms. The zero-order valence-corrected chi connectivity index (χ0v) is 9.83. The second-order valence-corrected chi connectivity index (χ2v) is 4.46. The van der Waals surface area contributed by atoms with Crippen molar-refractivity contribution < 1.29 is 0 Å². The van der Waals surface area contributed by atoms with Crippen LogP contribution in [0.3, 0.4) is 0 Å². The molecule has 0 saturated carbocycles. The second-order valence-electron chi connectivity index (χ2n) is 4.46. The van der Waals surface area contributed by atoms with Crippen LogP contribution >= 0.6 is 0 Å². The fourth-order valence-electron chi connectivity index (χ4n) is 1.73. The van der Waals surface area contributed by atoms with Crippen molar-refractivity contribution in [3.8, 4) is 0 Å². The minimum Gasteiger partial charge on any atom is -0.337 e. The van der Waals surface area contributed by atoms with Crippen molar-refractivity contribution in [2.24, 2.45) is 12.5 Å². The summed E-state index contributed by atoms with van der Waals surface area (Å²) in [5.41, 5.74) is 0.230. The Balaban J connectivity index is 2.99. The smallest absolute Gasteiger partial charge is 0.126 e. The summed E-state index contributed by atoms with van der Waals surface area (Å²) in [6.07, 6.45) is 4.97. The van der Waals surface area contributed by atoms with Gasteiger partial charge in [0.15, 0.2) is 0 Å². The van der Waals surface area contributed by atoms with Crippen LogP contribution in [-0.2, 0) is 7.05 Å². The van der Waals surface area contributed by atoms with Crippen LogP contribution in [0, 0.1) is 5.41 Å². The molecule has 0 aliphatic heterocycles. The van der Waals surface area contributed by atoms with Crippen LogP contribution in [0.25, 0.3) is 0 Å². The van der Waals surface area contributed by atoms with Crippen molar-refractivity contribution in [3.63, 3.8) is 0 Å². The molecule has 3 heteroatoms. The third kappa shape index (κ3) is 1.98. The van der Waals surface area contributed by atoms with Gasteiger partial charge in [0.2, 0.25) is 0 Å². The molecule has 14 heavy (non-hydrogen) atoms. The Bertz CT molecular complexity index is 288. The van der Waals surface area contributed by atoms with E-state index in [0.717, 1.165) is 12.2 Å². The van der Waals surface area contributed by atoms with Gasteiger partial charge < -0.3 is 9.88 Å². The highest BCUT2D eigenvalue weighted by Crippen LogP contribution is 2.34. The Morgan fingerprint density at radius 3 is 2.57 bits per heavy atom. The van der Waals surface area contributed by atoms with Gasteiger partial charge in [-0.15, -0.1) is 0 Å². The zero-order valence-electron chi connectivity index (χ0n) is 9.83. The van der Waals surface area contributed by atoms with E-state index in [2.05, 4.69) is 35.6 Å². The Labute approximate surface area is 86.5 Å². The summed E-state index contributed by atoms with van der Waals surface area (Å²) in [5, 5.41) is 3.35. The molecular weight excluding hydrogens is 174 g/mol. The molecule has 0 aliphatic carbocycles. The van der Waals surface area contributed by atoms with Crippen LogP contribution in [0.5, 0.6) is 0 Å². The number of imidazole rings is 1. The lowest BCUT2D eigenvalue weighted by atomic mass is 9.81. The van der Waals surface area contributed by atoms with Crippen molar-refractivity contribution in [2.75, 3.05) is 7.05 Å². The number of rotatable bonds is 4. The van der Waals surface area contributed by atoms with Crippen molar-refractivity contribution in [1.29, 1.82) is 0 Å². The van der Waals surface area contributed by atoms with Crippen molar-refractivity contribution in [1.82, 2.24) is 14.9 Å². The first-order valence-electron chi connectivity index (χ1n) is 5.17. The van der Waals surface area contributed by atoms with Gasteiger partial charge in [-0.25, -0.2) is 4.98 Å². The molecule has 3 nitrogen and oxygen atoms in total. The molecule has 1 rings (SSSR count). The van der Waals surface area contributed by atoms with Gasteiger partial charge >= 0.3 is 0 Å². The molecule has 0 bridgehead atoms. The normalized spacial score (nSPS) is 14.4. The molecule has 1 N–H and O–H groups in total. The molecule has 1 atom stereocenters. The number of aromatic nitrogens is 2. The maximum atomic E-state index is 4.40. The maximum Gasteiger partial charge on any atom is 0.126 e. The van der Waals surface area contributed by atoms with Crippen LogP contribution in [-0.4, -0.2) is 16.6 Å². The van der Waals surface area contributed by atoms with Gasteiger partial charge in [-0.3, -0.25) is 0 Å². The summed E-state index contributed by atoms with van der Waals surface area (Å²) in [5.74, 6) is 1.11. The van der Waals surface area contributed by atoms with Crippen LogP contribution in [0.2, 0.25) is 0 Å². The molecule has 0 radical (unpaired) electrons. The molecule has 1 heterocycles. The molecule has 1 aromatic rings. The van der Waals surface area contributed by atoms with Crippen molar-refractivity contribution in [2.45, 2.75) is 33.2 Å². The SMILES string of the molecule is CCC(C)(C)C(NC)c1nccn1C. The number of hydrogen-bond donors (Lipinski definition) is 1. The molecular formula is C11H21N3. The molecule has 80 valence electrons. The first-order chi connectivity index (χ1) is 6.53. The van der Waals surface area contributed by atoms with Gasteiger partial charge in [0.25, 0.3) is 0 Å².